The zero-order valence-electron chi connectivity index (χ0n) is 8.90. The maximum atomic E-state index is 11.7. The van der Waals surface area contributed by atoms with Crippen LogP contribution in [0.4, 0.5) is 0 Å². The SMILES string of the molecule is CNC(=O)CCN1C(=O)C(SC)CC1O. The number of amides is 2. The van der Waals surface area contributed by atoms with E-state index in [0.29, 0.717) is 6.42 Å². The molecule has 0 aromatic rings. The summed E-state index contributed by atoms with van der Waals surface area (Å²) in [6.45, 7) is 0.288. The Bertz CT molecular complexity index is 260. The lowest BCUT2D eigenvalue weighted by Gasteiger charge is -2.19. The molecule has 86 valence electrons. The minimum Gasteiger partial charge on any atom is -0.373 e. The summed E-state index contributed by atoms with van der Waals surface area (Å²) in [6, 6.07) is 0. The standard InChI is InChI=1S/C9H16N2O3S/c1-10-7(12)3-4-11-8(13)5-6(15-2)9(11)14/h6,8,13H,3-5H2,1-2H3,(H,10,12). The summed E-state index contributed by atoms with van der Waals surface area (Å²) in [4.78, 5) is 24.0. The van der Waals surface area contributed by atoms with Crippen molar-refractivity contribution < 1.29 is 14.7 Å². The lowest BCUT2D eigenvalue weighted by atomic mass is 10.3. The van der Waals surface area contributed by atoms with E-state index >= 15 is 0 Å². The highest BCUT2D eigenvalue weighted by atomic mass is 32.2. The molecule has 1 saturated heterocycles. The predicted octanol–water partition coefficient (Wildman–Crippen LogP) is -0.595. The number of hydrogen-bond donors (Lipinski definition) is 2. The number of carbonyl (C=O) groups excluding carboxylic acids is 2. The van der Waals surface area contributed by atoms with Crippen LogP contribution in [-0.2, 0) is 9.59 Å². The molecule has 1 heterocycles. The Hall–Kier alpha value is -0.750. The number of thioether (sulfide) groups is 1. The van der Waals surface area contributed by atoms with Gasteiger partial charge in [-0.05, 0) is 6.26 Å². The Morgan fingerprint density at radius 3 is 2.87 bits per heavy atom. The third-order valence-electron chi connectivity index (χ3n) is 2.49. The number of aliphatic hydroxyl groups excluding tert-OH is 1. The fourth-order valence-electron chi connectivity index (χ4n) is 1.55. The van der Waals surface area contributed by atoms with E-state index in [4.69, 9.17) is 0 Å². The maximum absolute atomic E-state index is 11.7. The van der Waals surface area contributed by atoms with Crippen LogP contribution in [-0.4, -0.2) is 53.1 Å². The highest BCUT2D eigenvalue weighted by Gasteiger charge is 2.37. The molecule has 0 radical (unpaired) electrons. The first-order chi connectivity index (χ1) is 7.10. The molecule has 1 rings (SSSR count). The van der Waals surface area contributed by atoms with Crippen LogP contribution >= 0.6 is 11.8 Å². The van der Waals surface area contributed by atoms with E-state index in [-0.39, 0.29) is 30.0 Å². The van der Waals surface area contributed by atoms with Crippen LogP contribution in [0.5, 0.6) is 0 Å². The molecular formula is C9H16N2O3S. The first kappa shape index (κ1) is 12.3. The quantitative estimate of drug-likeness (QED) is 0.679. The second-order valence-electron chi connectivity index (χ2n) is 3.40. The summed E-state index contributed by atoms with van der Waals surface area (Å²) < 4.78 is 0. The third kappa shape index (κ3) is 2.85. The lowest BCUT2D eigenvalue weighted by Crippen LogP contribution is -2.37. The van der Waals surface area contributed by atoms with Crippen molar-refractivity contribution in [1.29, 1.82) is 0 Å². The number of aliphatic hydroxyl groups is 1. The van der Waals surface area contributed by atoms with Crippen LogP contribution in [0, 0.1) is 0 Å². The van der Waals surface area contributed by atoms with Gasteiger partial charge in [0.15, 0.2) is 0 Å². The van der Waals surface area contributed by atoms with E-state index in [0.717, 1.165) is 0 Å². The topological polar surface area (TPSA) is 69.6 Å². The van der Waals surface area contributed by atoms with E-state index in [1.165, 1.54) is 16.7 Å². The Kier molecular flexibility index (Phi) is 4.41. The molecule has 0 spiro atoms. The van der Waals surface area contributed by atoms with Gasteiger partial charge < -0.3 is 15.3 Å². The Balaban J connectivity index is 2.48. The van der Waals surface area contributed by atoms with E-state index in [1.54, 1.807) is 7.05 Å². The molecule has 1 fully saturated rings. The van der Waals surface area contributed by atoms with Gasteiger partial charge in [-0.25, -0.2) is 0 Å². The van der Waals surface area contributed by atoms with Gasteiger partial charge in [-0.1, -0.05) is 0 Å². The van der Waals surface area contributed by atoms with E-state index < -0.39 is 6.23 Å². The van der Waals surface area contributed by atoms with Crippen LogP contribution in [0.3, 0.4) is 0 Å². The van der Waals surface area contributed by atoms with Crippen LogP contribution < -0.4 is 5.32 Å². The minimum atomic E-state index is -0.736. The van der Waals surface area contributed by atoms with Gasteiger partial charge in [0.1, 0.15) is 6.23 Å². The summed E-state index contributed by atoms with van der Waals surface area (Å²) in [5.74, 6) is -0.193. The smallest absolute Gasteiger partial charge is 0.237 e. The fraction of sp³-hybridized carbons (Fsp3) is 0.778. The monoisotopic (exact) mass is 232 g/mol. The number of carbonyl (C=O) groups is 2. The number of rotatable bonds is 4. The highest BCUT2D eigenvalue weighted by molar-refractivity contribution is 7.99. The van der Waals surface area contributed by atoms with Crippen LogP contribution in [0.1, 0.15) is 12.8 Å². The molecule has 0 aromatic heterocycles. The molecule has 2 unspecified atom stereocenters. The van der Waals surface area contributed by atoms with Crippen molar-refractivity contribution in [2.75, 3.05) is 19.8 Å². The molecule has 0 saturated carbocycles. The molecule has 0 bridgehead atoms. The number of hydrogen-bond acceptors (Lipinski definition) is 4. The first-order valence-electron chi connectivity index (χ1n) is 4.82. The van der Waals surface area contributed by atoms with Crippen molar-refractivity contribution in [3.05, 3.63) is 0 Å². The Labute approximate surface area is 93.2 Å². The van der Waals surface area contributed by atoms with Gasteiger partial charge in [0.25, 0.3) is 0 Å². The second-order valence-corrected chi connectivity index (χ2v) is 4.44. The molecule has 2 amide bonds. The van der Waals surface area contributed by atoms with Gasteiger partial charge in [-0.15, -0.1) is 0 Å². The fourth-order valence-corrected chi connectivity index (χ4v) is 2.26. The number of likely N-dealkylation sites (tertiary alicyclic amines) is 1. The van der Waals surface area contributed by atoms with Gasteiger partial charge in [-0.2, -0.15) is 11.8 Å². The van der Waals surface area contributed by atoms with Crippen LogP contribution in [0.15, 0.2) is 0 Å². The van der Waals surface area contributed by atoms with Crippen LogP contribution in [0.25, 0.3) is 0 Å². The Morgan fingerprint density at radius 2 is 2.40 bits per heavy atom. The molecule has 15 heavy (non-hydrogen) atoms. The van der Waals surface area contributed by atoms with E-state index in [2.05, 4.69) is 5.32 Å². The maximum Gasteiger partial charge on any atom is 0.237 e. The van der Waals surface area contributed by atoms with Gasteiger partial charge in [0.05, 0.1) is 5.25 Å². The molecule has 0 aliphatic carbocycles. The molecule has 2 atom stereocenters. The first-order valence-corrected chi connectivity index (χ1v) is 6.11. The summed E-state index contributed by atoms with van der Waals surface area (Å²) in [7, 11) is 1.55. The van der Waals surface area contributed by atoms with Gasteiger partial charge in [0, 0.05) is 26.4 Å². The van der Waals surface area contributed by atoms with Crippen molar-refractivity contribution in [3.63, 3.8) is 0 Å². The molecule has 1 aliphatic rings. The minimum absolute atomic E-state index is 0.0705. The molecular weight excluding hydrogens is 216 g/mol. The number of nitrogens with zero attached hydrogens (tertiary/aromatic N) is 1. The molecule has 5 nitrogen and oxygen atoms in total. The molecule has 2 N–H and O–H groups in total. The normalized spacial score (nSPS) is 25.8. The van der Waals surface area contributed by atoms with Crippen molar-refractivity contribution in [2.24, 2.45) is 0 Å². The molecule has 6 heteroatoms. The highest BCUT2D eigenvalue weighted by Crippen LogP contribution is 2.25. The van der Waals surface area contributed by atoms with Crippen molar-refractivity contribution in [2.45, 2.75) is 24.3 Å². The van der Waals surface area contributed by atoms with E-state index in [1.807, 2.05) is 6.26 Å². The zero-order chi connectivity index (χ0) is 11.4. The van der Waals surface area contributed by atoms with Crippen molar-refractivity contribution in [3.8, 4) is 0 Å². The number of nitrogens with one attached hydrogen (secondary N) is 1. The summed E-state index contributed by atoms with van der Waals surface area (Å²) in [5.41, 5.74) is 0. The average Bonchev–Trinajstić information content (AvgIpc) is 2.51. The van der Waals surface area contributed by atoms with E-state index in [9.17, 15) is 14.7 Å². The van der Waals surface area contributed by atoms with Crippen LogP contribution in [0.2, 0.25) is 0 Å². The third-order valence-corrected chi connectivity index (χ3v) is 3.45. The van der Waals surface area contributed by atoms with Crippen molar-refractivity contribution in [1.82, 2.24) is 10.2 Å². The zero-order valence-corrected chi connectivity index (χ0v) is 9.71. The largest absolute Gasteiger partial charge is 0.373 e. The predicted molar refractivity (Wildman–Crippen MR) is 58.3 cm³/mol. The summed E-state index contributed by atoms with van der Waals surface area (Å²) in [5, 5.41) is 11.9. The summed E-state index contributed by atoms with van der Waals surface area (Å²) in [6.07, 6.45) is 1.80. The summed E-state index contributed by atoms with van der Waals surface area (Å²) >= 11 is 1.44. The molecule has 0 aromatic carbocycles. The van der Waals surface area contributed by atoms with Crippen molar-refractivity contribution >= 4 is 23.6 Å². The Morgan fingerprint density at radius 1 is 1.73 bits per heavy atom. The average molecular weight is 232 g/mol. The second kappa shape index (κ2) is 5.37. The van der Waals surface area contributed by atoms with Gasteiger partial charge in [-0.3, -0.25) is 9.59 Å². The lowest BCUT2D eigenvalue weighted by molar-refractivity contribution is -0.133. The molecule has 1 aliphatic heterocycles. The van der Waals surface area contributed by atoms with Gasteiger partial charge >= 0.3 is 0 Å². The van der Waals surface area contributed by atoms with Gasteiger partial charge in [0.2, 0.25) is 11.8 Å².